The van der Waals surface area contributed by atoms with Crippen molar-refractivity contribution in [3.8, 4) is 0 Å². The molecule has 15 heavy (non-hydrogen) atoms. The maximum Gasteiger partial charge on any atom is 0.0921 e. The van der Waals surface area contributed by atoms with Crippen molar-refractivity contribution in [2.45, 2.75) is 6.42 Å². The van der Waals surface area contributed by atoms with Gasteiger partial charge in [-0.25, -0.2) is 4.98 Å². The first kappa shape index (κ1) is 10.1. The van der Waals surface area contributed by atoms with E-state index >= 15 is 0 Å². The molecule has 2 aromatic rings. The lowest BCUT2D eigenvalue weighted by Gasteiger charge is -1.97. The predicted molar refractivity (Wildman–Crippen MR) is 61.8 cm³/mol. The number of nitrogens with one attached hydrogen (secondary N) is 1. The number of thiophene rings is 1. The number of hydrogen-bond acceptors (Lipinski definition) is 3. The first-order chi connectivity index (χ1) is 7.40. The van der Waals surface area contributed by atoms with Gasteiger partial charge in [-0.1, -0.05) is 6.08 Å². The summed E-state index contributed by atoms with van der Waals surface area (Å²) >= 11 is 1.68. The topological polar surface area (TPSA) is 48.9 Å². The van der Waals surface area contributed by atoms with Crippen LogP contribution in [0.1, 0.15) is 16.1 Å². The summed E-state index contributed by atoms with van der Waals surface area (Å²) in [5.74, 6) is 0. The van der Waals surface area contributed by atoms with Gasteiger partial charge in [-0.2, -0.15) is 0 Å². The van der Waals surface area contributed by atoms with Gasteiger partial charge in [0.25, 0.3) is 0 Å². The molecule has 0 saturated carbocycles. The Morgan fingerprint density at radius 1 is 1.53 bits per heavy atom. The Kier molecular flexibility index (Phi) is 3.32. The quantitative estimate of drug-likeness (QED) is 0.828. The summed E-state index contributed by atoms with van der Waals surface area (Å²) in [5, 5.41) is 10.8. The molecule has 2 aromatic heterocycles. The number of imidazole rings is 1. The molecule has 0 spiro atoms. The van der Waals surface area contributed by atoms with Gasteiger partial charge in [-0.15, -0.1) is 11.3 Å². The zero-order valence-corrected chi connectivity index (χ0v) is 9.00. The number of nitrogens with zero attached hydrogens (tertiary/aromatic N) is 1. The van der Waals surface area contributed by atoms with Gasteiger partial charge in [0.15, 0.2) is 0 Å². The molecule has 0 aromatic carbocycles. The third-order valence-corrected chi connectivity index (χ3v) is 3.02. The molecule has 2 rings (SSSR count). The van der Waals surface area contributed by atoms with E-state index in [2.05, 4.69) is 21.4 Å². The normalized spacial score (nSPS) is 11.3. The van der Waals surface area contributed by atoms with Crippen molar-refractivity contribution < 1.29 is 5.11 Å². The van der Waals surface area contributed by atoms with Gasteiger partial charge in [-0.05, 0) is 23.1 Å². The van der Waals surface area contributed by atoms with Gasteiger partial charge in [0.05, 0.1) is 12.9 Å². The van der Waals surface area contributed by atoms with Crippen LogP contribution < -0.4 is 0 Å². The number of aromatic nitrogens is 2. The van der Waals surface area contributed by atoms with Crippen LogP contribution in [0.5, 0.6) is 0 Å². The molecule has 0 fully saturated rings. The van der Waals surface area contributed by atoms with E-state index in [1.165, 1.54) is 10.4 Å². The number of hydrogen-bond donors (Lipinski definition) is 2. The summed E-state index contributed by atoms with van der Waals surface area (Å²) in [6, 6.07) is 2.10. The fraction of sp³-hybridized carbons (Fsp3) is 0.182. The highest BCUT2D eigenvalue weighted by atomic mass is 32.1. The van der Waals surface area contributed by atoms with Gasteiger partial charge in [0.2, 0.25) is 0 Å². The Morgan fingerprint density at radius 2 is 2.47 bits per heavy atom. The molecule has 0 atom stereocenters. The van der Waals surface area contributed by atoms with Crippen LogP contribution in [-0.4, -0.2) is 21.7 Å². The molecule has 0 aliphatic heterocycles. The van der Waals surface area contributed by atoms with Gasteiger partial charge >= 0.3 is 0 Å². The van der Waals surface area contributed by atoms with Crippen LogP contribution in [0.2, 0.25) is 0 Å². The molecule has 78 valence electrons. The van der Waals surface area contributed by atoms with Gasteiger partial charge < -0.3 is 10.1 Å². The minimum Gasteiger partial charge on any atom is -0.392 e. The molecule has 4 heteroatoms. The second kappa shape index (κ2) is 4.91. The highest BCUT2D eigenvalue weighted by molar-refractivity contribution is 7.11. The highest BCUT2D eigenvalue weighted by Gasteiger charge is 2.03. The second-order valence-corrected chi connectivity index (χ2v) is 4.10. The second-order valence-electron chi connectivity index (χ2n) is 3.15. The maximum absolute atomic E-state index is 8.71. The maximum atomic E-state index is 8.71. The molecule has 0 aliphatic rings. The highest BCUT2D eigenvalue weighted by Crippen LogP contribution is 2.20. The third kappa shape index (κ3) is 2.55. The van der Waals surface area contributed by atoms with Gasteiger partial charge in [0.1, 0.15) is 0 Å². The SMILES string of the molecule is OCC=Cc1sccc1Cc1cnc[nH]1. The minimum absolute atomic E-state index is 0.0847. The van der Waals surface area contributed by atoms with E-state index in [1.807, 2.05) is 12.3 Å². The molecule has 2 heterocycles. The fourth-order valence-corrected chi connectivity index (χ4v) is 2.23. The molecule has 0 radical (unpaired) electrons. The molecular weight excluding hydrogens is 208 g/mol. The molecule has 3 nitrogen and oxygen atoms in total. The average molecular weight is 220 g/mol. The van der Waals surface area contributed by atoms with E-state index in [0.717, 1.165) is 12.1 Å². The number of rotatable bonds is 4. The van der Waals surface area contributed by atoms with Crippen molar-refractivity contribution in [1.82, 2.24) is 9.97 Å². The van der Waals surface area contributed by atoms with E-state index in [1.54, 1.807) is 23.7 Å². The van der Waals surface area contributed by atoms with Crippen LogP contribution in [-0.2, 0) is 6.42 Å². The Bertz CT molecular complexity index is 431. The van der Waals surface area contributed by atoms with Gasteiger partial charge in [0, 0.05) is 23.2 Å². The summed E-state index contributed by atoms with van der Waals surface area (Å²) < 4.78 is 0. The molecule has 0 bridgehead atoms. The monoisotopic (exact) mass is 220 g/mol. The van der Waals surface area contributed by atoms with Crippen LogP contribution in [0.25, 0.3) is 6.08 Å². The smallest absolute Gasteiger partial charge is 0.0921 e. The van der Waals surface area contributed by atoms with E-state index in [-0.39, 0.29) is 6.61 Å². The lowest BCUT2D eigenvalue weighted by Crippen LogP contribution is -1.87. The number of aliphatic hydroxyl groups excluding tert-OH is 1. The summed E-state index contributed by atoms with van der Waals surface area (Å²) in [5.41, 5.74) is 2.36. The van der Waals surface area contributed by atoms with Crippen molar-refractivity contribution in [2.24, 2.45) is 0 Å². The van der Waals surface area contributed by atoms with Crippen molar-refractivity contribution in [3.63, 3.8) is 0 Å². The Labute approximate surface area is 92.1 Å². The van der Waals surface area contributed by atoms with Crippen molar-refractivity contribution in [2.75, 3.05) is 6.61 Å². The van der Waals surface area contributed by atoms with Crippen LogP contribution in [0.4, 0.5) is 0 Å². The lowest BCUT2D eigenvalue weighted by atomic mass is 10.1. The average Bonchev–Trinajstić information content (AvgIpc) is 2.87. The van der Waals surface area contributed by atoms with E-state index in [0.29, 0.717) is 0 Å². The third-order valence-electron chi connectivity index (χ3n) is 2.09. The lowest BCUT2D eigenvalue weighted by molar-refractivity contribution is 0.343. The van der Waals surface area contributed by atoms with Crippen LogP contribution >= 0.6 is 11.3 Å². The molecule has 0 aliphatic carbocycles. The Morgan fingerprint density at radius 3 is 3.20 bits per heavy atom. The number of H-pyrrole nitrogens is 1. The van der Waals surface area contributed by atoms with Gasteiger partial charge in [-0.3, -0.25) is 0 Å². The van der Waals surface area contributed by atoms with Crippen LogP contribution in [0.15, 0.2) is 30.0 Å². The first-order valence-electron chi connectivity index (χ1n) is 4.71. The Hall–Kier alpha value is -1.39. The fourth-order valence-electron chi connectivity index (χ4n) is 1.39. The molecule has 2 N–H and O–H groups in total. The molecule has 0 amide bonds. The van der Waals surface area contributed by atoms with E-state index in [4.69, 9.17) is 5.11 Å². The summed E-state index contributed by atoms with van der Waals surface area (Å²) in [6.45, 7) is 0.0847. The van der Waals surface area contributed by atoms with E-state index < -0.39 is 0 Å². The molecular formula is C11H12N2OS. The van der Waals surface area contributed by atoms with Crippen molar-refractivity contribution >= 4 is 17.4 Å². The van der Waals surface area contributed by atoms with Crippen molar-refractivity contribution in [1.29, 1.82) is 0 Å². The minimum atomic E-state index is 0.0847. The van der Waals surface area contributed by atoms with E-state index in [9.17, 15) is 0 Å². The summed E-state index contributed by atoms with van der Waals surface area (Å²) in [7, 11) is 0. The predicted octanol–water partition coefficient (Wildman–Crippen LogP) is 2.07. The number of aromatic amines is 1. The summed E-state index contributed by atoms with van der Waals surface area (Å²) in [4.78, 5) is 8.26. The largest absolute Gasteiger partial charge is 0.392 e. The zero-order chi connectivity index (χ0) is 10.5. The zero-order valence-electron chi connectivity index (χ0n) is 8.18. The van der Waals surface area contributed by atoms with Crippen molar-refractivity contribution in [3.05, 3.63) is 46.2 Å². The van der Waals surface area contributed by atoms with Crippen LogP contribution in [0.3, 0.4) is 0 Å². The number of aliphatic hydroxyl groups is 1. The Balaban J connectivity index is 2.14. The molecule has 0 unspecified atom stereocenters. The standard InChI is InChI=1S/C11H12N2OS/c14-4-1-2-11-9(3-5-15-11)6-10-7-12-8-13-10/h1-3,5,7-8,14H,4,6H2,(H,12,13). The first-order valence-corrected chi connectivity index (χ1v) is 5.59. The van der Waals surface area contributed by atoms with Crippen LogP contribution in [0, 0.1) is 0 Å². The summed E-state index contributed by atoms with van der Waals surface area (Å²) in [6.07, 6.45) is 8.08. The molecule has 0 saturated heterocycles.